The zero-order valence-electron chi connectivity index (χ0n) is 10.7. The summed E-state index contributed by atoms with van der Waals surface area (Å²) in [7, 11) is 0. The van der Waals surface area contributed by atoms with Crippen LogP contribution in [0.5, 0.6) is 5.75 Å². The van der Waals surface area contributed by atoms with Crippen molar-refractivity contribution in [1.29, 1.82) is 0 Å². The number of carboxylic acid groups (broad SMARTS) is 1. The van der Waals surface area contributed by atoms with Gasteiger partial charge in [0.15, 0.2) is 0 Å². The molecule has 1 saturated heterocycles. The second-order valence-electron chi connectivity index (χ2n) is 5.14. The molecular formula is C14H15NO5. The minimum atomic E-state index is -1.08. The molecule has 3 rings (SSSR count). The predicted octanol–water partition coefficient (Wildman–Crippen LogP) is 0.209. The highest BCUT2D eigenvalue weighted by Gasteiger charge is 2.43. The van der Waals surface area contributed by atoms with E-state index >= 15 is 0 Å². The van der Waals surface area contributed by atoms with Gasteiger partial charge >= 0.3 is 5.97 Å². The molecule has 6 nitrogen and oxygen atoms in total. The predicted molar refractivity (Wildman–Crippen MR) is 68.4 cm³/mol. The fourth-order valence-corrected chi connectivity index (χ4v) is 2.86. The van der Waals surface area contributed by atoms with E-state index in [-0.39, 0.29) is 25.5 Å². The lowest BCUT2D eigenvalue weighted by molar-refractivity contribution is -0.148. The standard InChI is InChI=1S/C14H15NO5/c16-8-5-11(14(18)19)15(6-8)13(17)10-7-20-12-4-2-1-3-9(10)12/h1-4,8,10-11,16H,5-7H2,(H,18,19)/t8-,10?,11-/m1/s1. The van der Waals surface area contributed by atoms with Gasteiger partial charge in [-0.3, -0.25) is 4.79 Å². The molecule has 0 saturated carbocycles. The van der Waals surface area contributed by atoms with E-state index in [4.69, 9.17) is 9.84 Å². The average molecular weight is 277 g/mol. The third kappa shape index (κ3) is 2.02. The first-order valence-corrected chi connectivity index (χ1v) is 6.51. The number of carbonyl (C=O) groups excluding carboxylic acids is 1. The number of β-amino-alcohol motifs (C(OH)–C–C–N with tert-alkyl or cyclic N) is 1. The largest absolute Gasteiger partial charge is 0.492 e. The van der Waals surface area contributed by atoms with E-state index in [1.165, 1.54) is 4.90 Å². The molecule has 3 atom stereocenters. The summed E-state index contributed by atoms with van der Waals surface area (Å²) in [6, 6.07) is 6.29. The Morgan fingerprint density at radius 1 is 1.30 bits per heavy atom. The van der Waals surface area contributed by atoms with Crippen LogP contribution in [0.4, 0.5) is 0 Å². The molecular weight excluding hydrogens is 262 g/mol. The molecule has 2 aliphatic heterocycles. The van der Waals surface area contributed by atoms with Gasteiger partial charge in [-0.25, -0.2) is 4.79 Å². The Morgan fingerprint density at radius 2 is 2.05 bits per heavy atom. The summed E-state index contributed by atoms with van der Waals surface area (Å²) >= 11 is 0. The second-order valence-corrected chi connectivity index (χ2v) is 5.14. The van der Waals surface area contributed by atoms with Crippen LogP contribution >= 0.6 is 0 Å². The number of aliphatic carboxylic acids is 1. The number of aliphatic hydroxyl groups is 1. The summed E-state index contributed by atoms with van der Waals surface area (Å²) in [5, 5.41) is 18.8. The van der Waals surface area contributed by atoms with Crippen molar-refractivity contribution in [2.45, 2.75) is 24.5 Å². The molecule has 2 aliphatic rings. The molecule has 1 unspecified atom stereocenters. The van der Waals surface area contributed by atoms with Crippen LogP contribution in [0.25, 0.3) is 0 Å². The molecule has 0 spiro atoms. The van der Waals surface area contributed by atoms with Crippen molar-refractivity contribution in [2.24, 2.45) is 0 Å². The molecule has 6 heteroatoms. The number of fused-ring (bicyclic) bond motifs is 1. The van der Waals surface area contributed by atoms with Crippen LogP contribution in [0.2, 0.25) is 0 Å². The third-order valence-electron chi connectivity index (χ3n) is 3.85. The van der Waals surface area contributed by atoms with E-state index in [1.807, 2.05) is 18.2 Å². The molecule has 0 aliphatic carbocycles. The van der Waals surface area contributed by atoms with Gasteiger partial charge < -0.3 is 19.8 Å². The summed E-state index contributed by atoms with van der Waals surface area (Å²) < 4.78 is 5.46. The van der Waals surface area contributed by atoms with E-state index in [0.29, 0.717) is 5.75 Å². The van der Waals surface area contributed by atoms with E-state index in [1.54, 1.807) is 6.07 Å². The molecule has 2 N–H and O–H groups in total. The Bertz CT molecular complexity index is 558. The Morgan fingerprint density at radius 3 is 2.80 bits per heavy atom. The van der Waals surface area contributed by atoms with Gasteiger partial charge in [0.25, 0.3) is 0 Å². The SMILES string of the molecule is O=C(O)[C@H]1C[C@@H](O)CN1C(=O)C1COc2ccccc21. The zero-order valence-corrected chi connectivity index (χ0v) is 10.7. The second kappa shape index (κ2) is 4.79. The summed E-state index contributed by atoms with van der Waals surface area (Å²) in [4.78, 5) is 25.0. The minimum absolute atomic E-state index is 0.0640. The number of aliphatic hydroxyl groups excluding tert-OH is 1. The molecule has 0 aromatic heterocycles. The normalized spacial score (nSPS) is 28.1. The molecule has 1 amide bonds. The van der Waals surface area contributed by atoms with Gasteiger partial charge in [0.2, 0.25) is 5.91 Å². The first kappa shape index (κ1) is 12.9. The number of hydrogen-bond acceptors (Lipinski definition) is 4. The lowest BCUT2D eigenvalue weighted by Gasteiger charge is -2.24. The van der Waals surface area contributed by atoms with Crippen molar-refractivity contribution < 1.29 is 24.5 Å². The number of para-hydroxylation sites is 1. The maximum atomic E-state index is 12.5. The number of nitrogens with zero attached hydrogens (tertiary/aromatic N) is 1. The van der Waals surface area contributed by atoms with Crippen LogP contribution in [-0.4, -0.2) is 52.3 Å². The Kier molecular flexibility index (Phi) is 3.10. The monoisotopic (exact) mass is 277 g/mol. The molecule has 1 aromatic rings. The first-order valence-electron chi connectivity index (χ1n) is 6.51. The molecule has 2 heterocycles. The van der Waals surface area contributed by atoms with Gasteiger partial charge in [-0.05, 0) is 6.07 Å². The number of rotatable bonds is 2. The fraction of sp³-hybridized carbons (Fsp3) is 0.429. The van der Waals surface area contributed by atoms with Crippen LogP contribution in [-0.2, 0) is 9.59 Å². The van der Waals surface area contributed by atoms with Crippen LogP contribution in [0.3, 0.4) is 0 Å². The number of ether oxygens (including phenoxy) is 1. The molecule has 106 valence electrons. The van der Waals surface area contributed by atoms with E-state index in [0.717, 1.165) is 5.56 Å². The summed E-state index contributed by atoms with van der Waals surface area (Å²) in [5.41, 5.74) is 0.781. The number of benzene rings is 1. The van der Waals surface area contributed by atoms with Crippen molar-refractivity contribution in [3.8, 4) is 5.75 Å². The average Bonchev–Trinajstić information content (AvgIpc) is 3.01. The Labute approximate surface area is 115 Å². The number of hydrogen-bond donors (Lipinski definition) is 2. The van der Waals surface area contributed by atoms with Gasteiger partial charge in [0.05, 0.1) is 6.10 Å². The van der Waals surface area contributed by atoms with Crippen LogP contribution in [0, 0.1) is 0 Å². The molecule has 1 fully saturated rings. The van der Waals surface area contributed by atoms with E-state index in [2.05, 4.69) is 0 Å². The van der Waals surface area contributed by atoms with Crippen molar-refractivity contribution in [2.75, 3.05) is 13.2 Å². The smallest absolute Gasteiger partial charge is 0.326 e. The van der Waals surface area contributed by atoms with E-state index in [9.17, 15) is 14.7 Å². The maximum Gasteiger partial charge on any atom is 0.326 e. The molecule has 20 heavy (non-hydrogen) atoms. The lowest BCUT2D eigenvalue weighted by atomic mass is 9.99. The van der Waals surface area contributed by atoms with Crippen molar-refractivity contribution >= 4 is 11.9 Å². The molecule has 0 bridgehead atoms. The van der Waals surface area contributed by atoms with Crippen molar-refractivity contribution in [3.63, 3.8) is 0 Å². The minimum Gasteiger partial charge on any atom is -0.492 e. The van der Waals surface area contributed by atoms with Gasteiger partial charge in [0, 0.05) is 18.5 Å². The lowest BCUT2D eigenvalue weighted by Crippen LogP contribution is -2.43. The van der Waals surface area contributed by atoms with Gasteiger partial charge in [0.1, 0.15) is 24.3 Å². The highest BCUT2D eigenvalue weighted by atomic mass is 16.5. The third-order valence-corrected chi connectivity index (χ3v) is 3.85. The topological polar surface area (TPSA) is 87.1 Å². The van der Waals surface area contributed by atoms with Crippen LogP contribution < -0.4 is 4.74 Å². The van der Waals surface area contributed by atoms with E-state index < -0.39 is 24.0 Å². The van der Waals surface area contributed by atoms with Crippen molar-refractivity contribution in [3.05, 3.63) is 29.8 Å². The maximum absolute atomic E-state index is 12.5. The summed E-state index contributed by atoms with van der Waals surface area (Å²) in [6.45, 7) is 0.283. The van der Waals surface area contributed by atoms with Crippen LogP contribution in [0.1, 0.15) is 17.9 Å². The Balaban J connectivity index is 1.85. The summed E-state index contributed by atoms with van der Waals surface area (Å²) in [6.07, 6.45) is -0.700. The number of amides is 1. The highest BCUT2D eigenvalue weighted by Crippen LogP contribution is 2.36. The molecule has 0 radical (unpaired) electrons. The zero-order chi connectivity index (χ0) is 14.3. The fourth-order valence-electron chi connectivity index (χ4n) is 2.86. The van der Waals surface area contributed by atoms with Crippen molar-refractivity contribution in [1.82, 2.24) is 4.90 Å². The number of carbonyl (C=O) groups is 2. The van der Waals surface area contributed by atoms with Gasteiger partial charge in [-0.15, -0.1) is 0 Å². The van der Waals surface area contributed by atoms with Gasteiger partial charge in [-0.2, -0.15) is 0 Å². The molecule has 1 aromatic carbocycles. The van der Waals surface area contributed by atoms with Crippen LogP contribution in [0.15, 0.2) is 24.3 Å². The van der Waals surface area contributed by atoms with Gasteiger partial charge in [-0.1, -0.05) is 18.2 Å². The number of carboxylic acids is 1. The highest BCUT2D eigenvalue weighted by molar-refractivity contribution is 5.90. The number of likely N-dealkylation sites (tertiary alicyclic amines) is 1. The Hall–Kier alpha value is -2.08. The summed E-state index contributed by atoms with van der Waals surface area (Å²) in [5.74, 6) is -1.20. The quantitative estimate of drug-likeness (QED) is 0.807. The first-order chi connectivity index (χ1) is 9.58.